The molecule has 2 aliphatic rings. The van der Waals surface area contributed by atoms with Crippen LogP contribution in [0.4, 0.5) is 4.79 Å². The summed E-state index contributed by atoms with van der Waals surface area (Å²) in [4.78, 5) is 14.7. The number of hydrogen-bond donors (Lipinski definition) is 1. The minimum atomic E-state index is -1.06. The maximum Gasteiger partial charge on any atom is 0.410 e. The summed E-state index contributed by atoms with van der Waals surface area (Å²) in [6.07, 6.45) is 3.29. The van der Waals surface area contributed by atoms with Crippen molar-refractivity contribution in [3.05, 3.63) is 65.2 Å². The van der Waals surface area contributed by atoms with Crippen molar-refractivity contribution in [3.63, 3.8) is 0 Å². The minimum absolute atomic E-state index is 0.0765. The van der Waals surface area contributed by atoms with Gasteiger partial charge in [0.05, 0.1) is 18.3 Å². The zero-order chi connectivity index (χ0) is 21.1. The topological polar surface area (TPSA) is 82.8 Å². The molecular weight excluding hydrogens is 380 g/mol. The van der Waals surface area contributed by atoms with Crippen LogP contribution < -0.4 is 4.74 Å². The van der Waals surface area contributed by atoms with Crippen LogP contribution in [-0.4, -0.2) is 35.3 Å². The lowest BCUT2D eigenvalue weighted by Gasteiger charge is -2.51. The highest BCUT2D eigenvalue weighted by molar-refractivity contribution is 5.69. The Labute approximate surface area is 176 Å². The van der Waals surface area contributed by atoms with Crippen LogP contribution in [0.15, 0.2) is 48.5 Å². The summed E-state index contributed by atoms with van der Waals surface area (Å²) < 4.78 is 10.9. The fourth-order valence-corrected chi connectivity index (χ4v) is 4.83. The lowest BCUT2D eigenvalue weighted by Crippen LogP contribution is -2.58. The molecular formula is C24H26N2O4. The smallest absolute Gasteiger partial charge is 0.410 e. The molecule has 4 rings (SSSR count). The first kappa shape index (κ1) is 20.2. The first-order valence-electron chi connectivity index (χ1n) is 10.3. The Morgan fingerprint density at radius 1 is 1.20 bits per heavy atom. The van der Waals surface area contributed by atoms with E-state index in [-0.39, 0.29) is 24.8 Å². The molecule has 6 nitrogen and oxygen atoms in total. The van der Waals surface area contributed by atoms with E-state index in [2.05, 4.69) is 6.07 Å². The third-order valence-electron chi connectivity index (χ3n) is 6.28. The zero-order valence-corrected chi connectivity index (χ0v) is 17.1. The number of nitrogens with zero attached hydrogens (tertiary/aromatic N) is 2. The number of fused-ring (bicyclic) bond motifs is 2. The fraction of sp³-hybridized carbons (Fsp3) is 0.417. The maximum absolute atomic E-state index is 12.9. The number of carbonyl (C=O) groups excluding carboxylic acids is 1. The molecule has 2 saturated heterocycles. The minimum Gasteiger partial charge on any atom is -0.495 e. The van der Waals surface area contributed by atoms with Gasteiger partial charge in [0.1, 0.15) is 18.4 Å². The first-order valence-corrected chi connectivity index (χ1v) is 10.3. The van der Waals surface area contributed by atoms with Crippen molar-refractivity contribution in [2.24, 2.45) is 0 Å². The molecule has 2 aromatic rings. The number of piperidine rings is 2. The molecule has 2 fully saturated rings. The molecule has 30 heavy (non-hydrogen) atoms. The number of aliphatic hydroxyl groups is 1. The number of methoxy groups -OCH3 is 1. The van der Waals surface area contributed by atoms with Gasteiger partial charge in [0, 0.05) is 24.9 Å². The highest BCUT2D eigenvalue weighted by Gasteiger charge is 2.48. The second-order valence-corrected chi connectivity index (χ2v) is 8.15. The number of rotatable bonds is 4. The predicted molar refractivity (Wildman–Crippen MR) is 111 cm³/mol. The molecule has 2 heterocycles. The summed E-state index contributed by atoms with van der Waals surface area (Å²) in [5, 5.41) is 20.7. The largest absolute Gasteiger partial charge is 0.495 e. The van der Waals surface area contributed by atoms with E-state index in [1.54, 1.807) is 18.2 Å². The summed E-state index contributed by atoms with van der Waals surface area (Å²) in [7, 11) is 1.52. The second-order valence-electron chi connectivity index (χ2n) is 8.15. The van der Waals surface area contributed by atoms with E-state index < -0.39 is 5.60 Å². The van der Waals surface area contributed by atoms with Crippen LogP contribution in [0.2, 0.25) is 0 Å². The second kappa shape index (κ2) is 8.37. The van der Waals surface area contributed by atoms with E-state index in [0.717, 1.165) is 30.4 Å². The highest BCUT2D eigenvalue weighted by Crippen LogP contribution is 2.45. The van der Waals surface area contributed by atoms with Gasteiger partial charge in [0.15, 0.2) is 0 Å². The highest BCUT2D eigenvalue weighted by atomic mass is 16.6. The molecule has 156 valence electrons. The van der Waals surface area contributed by atoms with Gasteiger partial charge in [0.25, 0.3) is 0 Å². The standard InChI is InChI=1S/C24H26N2O4/c1-29-22-12-19(11-10-18(22)15-25)24(28)13-20-8-5-9-21(14-24)26(20)23(27)30-16-17-6-3-2-4-7-17/h2-4,6-7,10-12,20-21,28H,5,8-9,13-14,16H2,1H3. The van der Waals surface area contributed by atoms with Crippen molar-refractivity contribution in [3.8, 4) is 11.8 Å². The Balaban J connectivity index is 1.52. The molecule has 2 atom stereocenters. The average Bonchev–Trinajstić information content (AvgIpc) is 2.77. The number of benzene rings is 2. The van der Waals surface area contributed by atoms with Gasteiger partial charge in [0.2, 0.25) is 0 Å². The third-order valence-corrected chi connectivity index (χ3v) is 6.28. The van der Waals surface area contributed by atoms with Crippen molar-refractivity contribution in [1.29, 1.82) is 5.26 Å². The van der Waals surface area contributed by atoms with Crippen LogP contribution in [-0.2, 0) is 16.9 Å². The normalized spacial score (nSPS) is 25.3. The van der Waals surface area contributed by atoms with Gasteiger partial charge in [-0.15, -0.1) is 0 Å². The molecule has 0 radical (unpaired) electrons. The van der Waals surface area contributed by atoms with E-state index in [0.29, 0.717) is 24.2 Å². The van der Waals surface area contributed by atoms with Crippen molar-refractivity contribution < 1.29 is 19.4 Å². The number of carbonyl (C=O) groups is 1. The molecule has 0 saturated carbocycles. The fourth-order valence-electron chi connectivity index (χ4n) is 4.83. The summed E-state index contributed by atoms with van der Waals surface area (Å²) in [6.45, 7) is 0.243. The van der Waals surface area contributed by atoms with Gasteiger partial charge in [-0.25, -0.2) is 4.79 Å². The van der Waals surface area contributed by atoms with Crippen LogP contribution >= 0.6 is 0 Å². The van der Waals surface area contributed by atoms with Gasteiger partial charge in [-0.2, -0.15) is 5.26 Å². The van der Waals surface area contributed by atoms with Crippen LogP contribution in [0.3, 0.4) is 0 Å². The number of ether oxygens (including phenoxy) is 2. The predicted octanol–water partition coefficient (Wildman–Crippen LogP) is 4.11. The molecule has 0 spiro atoms. The van der Waals surface area contributed by atoms with Crippen molar-refractivity contribution in [1.82, 2.24) is 4.90 Å². The zero-order valence-electron chi connectivity index (χ0n) is 17.1. The van der Waals surface area contributed by atoms with Gasteiger partial charge in [-0.05, 0) is 42.5 Å². The van der Waals surface area contributed by atoms with Crippen LogP contribution in [0, 0.1) is 11.3 Å². The Bertz CT molecular complexity index is 939. The van der Waals surface area contributed by atoms with E-state index in [1.165, 1.54) is 7.11 Å². The Morgan fingerprint density at radius 2 is 1.90 bits per heavy atom. The summed E-state index contributed by atoms with van der Waals surface area (Å²) in [6, 6.07) is 16.8. The quantitative estimate of drug-likeness (QED) is 0.826. The summed E-state index contributed by atoms with van der Waals surface area (Å²) in [5.74, 6) is 0.457. The van der Waals surface area contributed by atoms with Crippen molar-refractivity contribution in [2.45, 2.75) is 56.4 Å². The Morgan fingerprint density at radius 3 is 2.53 bits per heavy atom. The molecule has 2 unspecified atom stereocenters. The van der Waals surface area contributed by atoms with Crippen LogP contribution in [0.25, 0.3) is 0 Å². The lowest BCUT2D eigenvalue weighted by atomic mass is 9.72. The molecule has 0 aromatic heterocycles. The summed E-state index contributed by atoms with van der Waals surface area (Å²) in [5.41, 5.74) is 1.06. The van der Waals surface area contributed by atoms with E-state index in [4.69, 9.17) is 9.47 Å². The molecule has 1 amide bonds. The number of nitriles is 1. The number of hydrogen-bond acceptors (Lipinski definition) is 5. The Hall–Kier alpha value is -3.04. The first-order chi connectivity index (χ1) is 14.5. The van der Waals surface area contributed by atoms with Crippen LogP contribution in [0.5, 0.6) is 5.75 Å². The molecule has 2 bridgehead atoms. The SMILES string of the molecule is COc1cc(C2(O)CC3CCCC(C2)N3C(=O)OCc2ccccc2)ccc1C#N. The summed E-state index contributed by atoms with van der Waals surface area (Å²) >= 11 is 0. The van der Waals surface area contributed by atoms with Crippen molar-refractivity contribution in [2.75, 3.05) is 7.11 Å². The Kier molecular flexibility index (Phi) is 5.65. The van der Waals surface area contributed by atoms with Gasteiger partial charge in [-0.3, -0.25) is 0 Å². The van der Waals surface area contributed by atoms with Gasteiger partial charge >= 0.3 is 6.09 Å². The van der Waals surface area contributed by atoms with E-state index in [1.807, 2.05) is 35.2 Å². The maximum atomic E-state index is 12.9. The average molecular weight is 406 g/mol. The molecule has 6 heteroatoms. The molecule has 1 N–H and O–H groups in total. The van der Waals surface area contributed by atoms with E-state index >= 15 is 0 Å². The van der Waals surface area contributed by atoms with Crippen molar-refractivity contribution >= 4 is 6.09 Å². The molecule has 2 aromatic carbocycles. The molecule has 0 aliphatic carbocycles. The molecule has 2 aliphatic heterocycles. The van der Waals surface area contributed by atoms with Gasteiger partial charge < -0.3 is 19.5 Å². The number of amides is 1. The monoisotopic (exact) mass is 406 g/mol. The van der Waals surface area contributed by atoms with E-state index in [9.17, 15) is 15.2 Å². The van der Waals surface area contributed by atoms with Gasteiger partial charge in [-0.1, -0.05) is 36.4 Å². The lowest BCUT2D eigenvalue weighted by molar-refractivity contribution is -0.0897. The third kappa shape index (κ3) is 3.86. The van der Waals surface area contributed by atoms with Crippen LogP contribution in [0.1, 0.15) is 48.8 Å².